The molecule has 1 spiro atoms. The zero-order valence-corrected chi connectivity index (χ0v) is 30.1. The summed E-state index contributed by atoms with van der Waals surface area (Å²) in [4.78, 5) is 20.0. The number of carboxylic acids is 1. The summed E-state index contributed by atoms with van der Waals surface area (Å²) in [6.45, 7) is 7.09. The second-order valence-corrected chi connectivity index (χ2v) is 16.0. The van der Waals surface area contributed by atoms with Crippen molar-refractivity contribution in [3.05, 3.63) is 82.1 Å². The minimum atomic E-state index is -1.05. The van der Waals surface area contributed by atoms with Gasteiger partial charge >= 0.3 is 5.97 Å². The van der Waals surface area contributed by atoms with Gasteiger partial charge in [-0.25, -0.2) is 4.79 Å². The summed E-state index contributed by atoms with van der Waals surface area (Å²) in [5.74, 6) is 2.33. The molecule has 1 saturated heterocycles. The highest BCUT2D eigenvalue weighted by Gasteiger charge is 2.54. The van der Waals surface area contributed by atoms with Crippen molar-refractivity contribution in [1.82, 2.24) is 9.88 Å². The average Bonchev–Trinajstić information content (AvgIpc) is 3.63. The number of pyridine rings is 1. The maximum atomic E-state index is 13.0. The third-order valence-corrected chi connectivity index (χ3v) is 12.6. The summed E-state index contributed by atoms with van der Waals surface area (Å²) < 4.78 is 13.0. The quantitative estimate of drug-likeness (QED) is 0.209. The number of fused-ring (bicyclic) bond motifs is 3. The average molecular weight is 686 g/mol. The zero-order chi connectivity index (χ0) is 34.2. The Morgan fingerprint density at radius 1 is 1.10 bits per heavy atom. The van der Waals surface area contributed by atoms with Crippen LogP contribution < -0.4 is 14.8 Å². The lowest BCUT2D eigenvalue weighted by atomic mass is 9.59. The first kappa shape index (κ1) is 34.2. The Labute approximate surface area is 296 Å². The van der Waals surface area contributed by atoms with Gasteiger partial charge in [0.2, 0.25) is 0 Å². The topological polar surface area (TPSA) is 83.9 Å². The van der Waals surface area contributed by atoms with Gasteiger partial charge in [0.25, 0.3) is 0 Å². The number of aryl methyl sites for hydroxylation is 1. The Kier molecular flexibility index (Phi) is 9.86. The van der Waals surface area contributed by atoms with Gasteiger partial charge in [-0.05, 0) is 155 Å². The SMILES string of the molecule is C[C@@H](COc1ccnc2c1[C@H](C)CCC2)CC1Cc2ccc(OC[C@@H]3CCCN3C)cc2C12CCC(Nc1cccc(Cl)c1)(C(=O)O)CC2. The molecule has 4 aliphatic rings. The molecule has 2 fully saturated rings. The van der Waals surface area contributed by atoms with Crippen molar-refractivity contribution in [1.29, 1.82) is 0 Å². The lowest BCUT2D eigenvalue weighted by Gasteiger charge is -2.47. The van der Waals surface area contributed by atoms with Gasteiger partial charge in [0.05, 0.1) is 6.61 Å². The van der Waals surface area contributed by atoms with E-state index in [9.17, 15) is 9.90 Å². The second-order valence-electron chi connectivity index (χ2n) is 15.6. The smallest absolute Gasteiger partial charge is 0.329 e. The van der Waals surface area contributed by atoms with E-state index in [1.807, 2.05) is 36.5 Å². The molecule has 0 amide bonds. The van der Waals surface area contributed by atoms with Crippen molar-refractivity contribution in [2.75, 3.05) is 32.1 Å². The molecule has 1 saturated carbocycles. The summed E-state index contributed by atoms with van der Waals surface area (Å²) in [6.07, 6.45) is 12.4. The van der Waals surface area contributed by atoms with Crippen molar-refractivity contribution in [2.24, 2.45) is 11.8 Å². The van der Waals surface area contributed by atoms with Crippen molar-refractivity contribution in [3.63, 3.8) is 0 Å². The van der Waals surface area contributed by atoms with Crippen molar-refractivity contribution < 1.29 is 19.4 Å². The van der Waals surface area contributed by atoms with Crippen molar-refractivity contribution in [2.45, 2.75) is 107 Å². The van der Waals surface area contributed by atoms with E-state index in [-0.39, 0.29) is 5.41 Å². The number of aromatic nitrogens is 1. The van der Waals surface area contributed by atoms with E-state index < -0.39 is 11.5 Å². The van der Waals surface area contributed by atoms with Crippen LogP contribution in [-0.4, -0.2) is 59.3 Å². The number of rotatable bonds is 11. The molecule has 1 aliphatic heterocycles. The number of carboxylic acid groups (broad SMARTS) is 1. The molecule has 2 N–H and O–H groups in total. The van der Waals surface area contributed by atoms with Gasteiger partial charge in [-0.2, -0.15) is 0 Å². The molecule has 7 rings (SSSR count). The normalized spacial score (nSPS) is 28.5. The van der Waals surface area contributed by atoms with Gasteiger partial charge < -0.3 is 24.8 Å². The summed E-state index contributed by atoms with van der Waals surface area (Å²) in [7, 11) is 2.19. The molecule has 3 aromatic rings. The number of aliphatic carboxylic acids is 1. The fraction of sp³-hybridized carbons (Fsp3) is 0.561. The van der Waals surface area contributed by atoms with Crippen molar-refractivity contribution in [3.8, 4) is 11.5 Å². The Balaban J connectivity index is 1.12. The molecule has 4 atom stereocenters. The van der Waals surface area contributed by atoms with Crippen LogP contribution >= 0.6 is 11.6 Å². The molecule has 8 heteroatoms. The summed E-state index contributed by atoms with van der Waals surface area (Å²) in [6, 6.07) is 16.6. The Morgan fingerprint density at radius 2 is 1.94 bits per heavy atom. The number of nitrogens with one attached hydrogen (secondary N) is 1. The first-order valence-corrected chi connectivity index (χ1v) is 18.9. The number of benzene rings is 2. The highest BCUT2D eigenvalue weighted by Crippen LogP contribution is 2.57. The number of halogens is 1. The van der Waals surface area contributed by atoms with Crippen LogP contribution in [0.15, 0.2) is 54.7 Å². The molecule has 7 nitrogen and oxygen atoms in total. The van der Waals surface area contributed by atoms with Crippen LogP contribution in [0.1, 0.15) is 99.9 Å². The molecule has 0 bridgehead atoms. The zero-order valence-electron chi connectivity index (χ0n) is 29.3. The molecule has 262 valence electrons. The summed E-state index contributed by atoms with van der Waals surface area (Å²) >= 11 is 6.29. The molecular weight excluding hydrogens is 634 g/mol. The lowest BCUT2D eigenvalue weighted by molar-refractivity contribution is -0.144. The fourth-order valence-corrected chi connectivity index (χ4v) is 9.74. The molecule has 1 aromatic heterocycles. The molecule has 2 aromatic carbocycles. The maximum Gasteiger partial charge on any atom is 0.329 e. The van der Waals surface area contributed by atoms with Gasteiger partial charge in [0, 0.05) is 34.2 Å². The molecule has 49 heavy (non-hydrogen) atoms. The number of anilines is 1. The Bertz CT molecular complexity index is 1650. The van der Waals surface area contributed by atoms with Crippen LogP contribution in [0.5, 0.6) is 11.5 Å². The predicted octanol–water partition coefficient (Wildman–Crippen LogP) is 8.67. The number of likely N-dealkylation sites (tertiary alicyclic amines) is 1. The third kappa shape index (κ3) is 6.90. The lowest BCUT2D eigenvalue weighted by Crippen LogP contribution is -2.53. The molecule has 2 heterocycles. The molecule has 3 aliphatic carbocycles. The first-order chi connectivity index (χ1) is 23.7. The van der Waals surface area contributed by atoms with Gasteiger partial charge in [0.1, 0.15) is 23.6 Å². The number of ether oxygens (including phenoxy) is 2. The largest absolute Gasteiger partial charge is 0.493 e. The first-order valence-electron chi connectivity index (χ1n) is 18.5. The predicted molar refractivity (Wildman–Crippen MR) is 195 cm³/mol. The standard InChI is InChI=1S/C41H52ClN3O4/c1-27(25-49-37-14-19-43-36-11-4-7-28(2)38(36)37)21-30-22-29-12-13-34(48-26-33-10-6-20-45(33)3)24-35(29)40(30)15-17-41(18-16-40,39(46)47)44-32-9-5-8-31(42)23-32/h5,8-9,12-14,19,23-24,27-28,30,33,44H,4,6-7,10-11,15-18,20-22,25-26H2,1-3H3,(H,46,47)/t27-,28-,30?,33+,40?,41?/m1/s1. The van der Waals surface area contributed by atoms with Crippen LogP contribution in [0, 0.1) is 11.8 Å². The van der Waals surface area contributed by atoms with E-state index in [2.05, 4.69) is 54.3 Å². The van der Waals surface area contributed by atoms with Gasteiger partial charge in [-0.1, -0.05) is 37.6 Å². The second kappa shape index (κ2) is 14.1. The number of carbonyl (C=O) groups is 1. The van der Waals surface area contributed by atoms with Gasteiger partial charge in [0.15, 0.2) is 0 Å². The monoisotopic (exact) mass is 685 g/mol. The minimum absolute atomic E-state index is 0.119. The Hall–Kier alpha value is -3.29. The summed E-state index contributed by atoms with van der Waals surface area (Å²) in [5, 5.41) is 14.6. The number of likely N-dealkylation sites (N-methyl/N-ethyl adjacent to an activating group) is 1. The van der Waals surface area contributed by atoms with E-state index in [1.165, 1.54) is 48.1 Å². The highest BCUT2D eigenvalue weighted by molar-refractivity contribution is 6.30. The highest BCUT2D eigenvalue weighted by atomic mass is 35.5. The summed E-state index contributed by atoms with van der Waals surface area (Å²) in [5.41, 5.74) is 4.82. The van der Waals surface area contributed by atoms with E-state index in [1.54, 1.807) is 0 Å². The van der Waals surface area contributed by atoms with Crippen LogP contribution in [0.2, 0.25) is 5.02 Å². The van der Waals surface area contributed by atoms with Crippen LogP contribution in [0.25, 0.3) is 0 Å². The van der Waals surface area contributed by atoms with Gasteiger partial charge in [-0.3, -0.25) is 4.98 Å². The van der Waals surface area contributed by atoms with E-state index in [0.717, 1.165) is 55.8 Å². The van der Waals surface area contributed by atoms with Crippen LogP contribution in [0.4, 0.5) is 5.69 Å². The molecule has 1 unspecified atom stereocenters. The maximum absolute atomic E-state index is 13.0. The van der Waals surface area contributed by atoms with E-state index in [4.69, 9.17) is 21.1 Å². The molecule has 0 radical (unpaired) electrons. The van der Waals surface area contributed by atoms with Crippen LogP contribution in [-0.2, 0) is 23.1 Å². The fourth-order valence-electron chi connectivity index (χ4n) is 9.55. The number of hydrogen-bond acceptors (Lipinski definition) is 6. The van der Waals surface area contributed by atoms with Crippen molar-refractivity contribution >= 4 is 23.3 Å². The molecular formula is C41H52ClN3O4. The van der Waals surface area contributed by atoms with Crippen LogP contribution in [0.3, 0.4) is 0 Å². The number of nitrogens with zero attached hydrogens (tertiary/aromatic N) is 2. The third-order valence-electron chi connectivity index (χ3n) is 12.4. The van der Waals surface area contributed by atoms with E-state index >= 15 is 0 Å². The Morgan fingerprint density at radius 3 is 2.69 bits per heavy atom. The minimum Gasteiger partial charge on any atom is -0.493 e. The number of hydrogen-bond donors (Lipinski definition) is 2. The van der Waals surface area contributed by atoms with E-state index in [0.29, 0.717) is 54.9 Å². The van der Waals surface area contributed by atoms with Gasteiger partial charge in [-0.15, -0.1) is 0 Å².